The Bertz CT molecular complexity index is 1420. The zero-order valence-electron chi connectivity index (χ0n) is 19.2. The monoisotopic (exact) mass is 440 g/mol. The van der Waals surface area contributed by atoms with Gasteiger partial charge in [-0.2, -0.15) is 9.97 Å². The van der Waals surface area contributed by atoms with Crippen molar-refractivity contribution in [3.8, 4) is 34.6 Å². The number of benzene rings is 3. The summed E-state index contributed by atoms with van der Waals surface area (Å²) < 4.78 is 18.5. The Morgan fingerprint density at radius 1 is 0.697 bits per heavy atom. The fraction of sp³-hybridized carbons (Fsp3) is 0.192. The molecular weight excluding hydrogens is 416 g/mol. The van der Waals surface area contributed by atoms with Gasteiger partial charge >= 0.3 is 6.01 Å². The van der Waals surface area contributed by atoms with Crippen molar-refractivity contribution in [1.82, 2.24) is 19.5 Å². The average molecular weight is 441 g/mol. The van der Waals surface area contributed by atoms with E-state index < -0.39 is 0 Å². The number of nitrogens with zero attached hydrogens (tertiary/aromatic N) is 4. The average Bonchev–Trinajstić information content (AvgIpc) is 3.16. The lowest BCUT2D eigenvalue weighted by atomic mass is 10.0. The van der Waals surface area contributed by atoms with Gasteiger partial charge in [0.05, 0.1) is 38.1 Å². The number of ether oxygens (including phenoxy) is 3. The third-order valence-corrected chi connectivity index (χ3v) is 5.88. The number of fused-ring (bicyclic) bond motifs is 3. The van der Waals surface area contributed by atoms with Crippen LogP contribution in [0.4, 0.5) is 0 Å². The van der Waals surface area contributed by atoms with Crippen molar-refractivity contribution in [2.45, 2.75) is 13.8 Å². The Hall–Kier alpha value is -4.13. The maximum absolute atomic E-state index is 5.50. The molecule has 0 saturated heterocycles. The summed E-state index contributed by atoms with van der Waals surface area (Å²) in [6.07, 6.45) is 1.47. The van der Waals surface area contributed by atoms with Crippen LogP contribution in [-0.2, 0) is 0 Å². The summed E-state index contributed by atoms with van der Waals surface area (Å²) in [6.45, 7) is 4.21. The Balaban J connectivity index is 1.78. The van der Waals surface area contributed by atoms with Crippen LogP contribution < -0.4 is 14.2 Å². The highest BCUT2D eigenvalue weighted by Gasteiger charge is 2.18. The fourth-order valence-corrected chi connectivity index (χ4v) is 4.43. The van der Waals surface area contributed by atoms with Crippen molar-refractivity contribution in [1.29, 1.82) is 0 Å². The summed E-state index contributed by atoms with van der Waals surface area (Å²) >= 11 is 0. The van der Waals surface area contributed by atoms with Gasteiger partial charge in [0.25, 0.3) is 0 Å². The predicted octanol–water partition coefficient (Wildman–Crippen LogP) is 5.28. The van der Waals surface area contributed by atoms with Gasteiger partial charge in [0.1, 0.15) is 17.8 Å². The molecule has 0 bridgehead atoms. The molecule has 0 aliphatic heterocycles. The molecule has 0 N–H and O–H groups in total. The lowest BCUT2D eigenvalue weighted by molar-refractivity contribution is 0.378. The summed E-state index contributed by atoms with van der Waals surface area (Å²) in [5, 5.41) is 2.21. The molecule has 0 spiro atoms. The lowest BCUT2D eigenvalue weighted by Gasteiger charge is -2.16. The zero-order chi connectivity index (χ0) is 23.1. The SMILES string of the molecule is COc1ccc2c(c1)c1cc(OC)ccc1n2-c1c(C)cc(-c2ncnc(OC)n2)cc1C. The Morgan fingerprint density at radius 2 is 1.27 bits per heavy atom. The highest BCUT2D eigenvalue weighted by atomic mass is 16.5. The van der Waals surface area contributed by atoms with Crippen LogP contribution in [0.5, 0.6) is 17.5 Å². The molecule has 0 atom stereocenters. The van der Waals surface area contributed by atoms with Gasteiger partial charge in [-0.05, 0) is 73.5 Å². The first-order chi connectivity index (χ1) is 16.0. The van der Waals surface area contributed by atoms with Gasteiger partial charge in [-0.3, -0.25) is 0 Å². The van der Waals surface area contributed by atoms with E-state index in [0.717, 1.165) is 55.7 Å². The summed E-state index contributed by atoms with van der Waals surface area (Å²) in [6, 6.07) is 16.8. The molecular formula is C26H24N4O3. The van der Waals surface area contributed by atoms with E-state index in [0.29, 0.717) is 11.8 Å². The maximum Gasteiger partial charge on any atom is 0.319 e. The molecule has 0 fully saturated rings. The molecule has 5 rings (SSSR count). The molecule has 0 radical (unpaired) electrons. The first kappa shape index (κ1) is 20.8. The molecule has 5 aromatic rings. The van der Waals surface area contributed by atoms with Crippen LogP contribution in [0.15, 0.2) is 54.9 Å². The van der Waals surface area contributed by atoms with E-state index in [-0.39, 0.29) is 0 Å². The molecule has 0 unspecified atom stereocenters. The smallest absolute Gasteiger partial charge is 0.319 e. The van der Waals surface area contributed by atoms with Crippen LogP contribution in [0.25, 0.3) is 38.9 Å². The van der Waals surface area contributed by atoms with Gasteiger partial charge in [-0.25, -0.2) is 4.98 Å². The van der Waals surface area contributed by atoms with Crippen molar-refractivity contribution in [3.63, 3.8) is 0 Å². The summed E-state index contributed by atoms with van der Waals surface area (Å²) in [4.78, 5) is 12.7. The first-order valence-corrected chi connectivity index (χ1v) is 10.5. The van der Waals surface area contributed by atoms with Crippen LogP contribution in [0.3, 0.4) is 0 Å². The second-order valence-corrected chi connectivity index (χ2v) is 7.86. The number of hydrogen-bond donors (Lipinski definition) is 0. The van der Waals surface area contributed by atoms with Gasteiger partial charge in [-0.1, -0.05) is 0 Å². The standard InChI is InChI=1S/C26H24N4O3/c1-15-10-17(25-27-14-28-26(29-25)33-5)11-16(2)24(15)30-22-8-6-18(31-3)12-20(22)21-13-19(32-4)7-9-23(21)30/h6-14H,1-5H3. The van der Waals surface area contributed by atoms with Crippen molar-refractivity contribution < 1.29 is 14.2 Å². The number of aromatic nitrogens is 4. The zero-order valence-corrected chi connectivity index (χ0v) is 19.2. The molecule has 0 amide bonds. The van der Waals surface area contributed by atoms with Crippen molar-refractivity contribution in [2.24, 2.45) is 0 Å². The van der Waals surface area contributed by atoms with Crippen LogP contribution in [0, 0.1) is 13.8 Å². The van der Waals surface area contributed by atoms with E-state index in [1.165, 1.54) is 6.33 Å². The first-order valence-electron chi connectivity index (χ1n) is 10.5. The number of methoxy groups -OCH3 is 3. The molecule has 33 heavy (non-hydrogen) atoms. The predicted molar refractivity (Wildman–Crippen MR) is 129 cm³/mol. The maximum atomic E-state index is 5.50. The lowest BCUT2D eigenvalue weighted by Crippen LogP contribution is -2.02. The molecule has 2 aromatic heterocycles. The van der Waals surface area contributed by atoms with Crippen molar-refractivity contribution in [3.05, 3.63) is 66.0 Å². The van der Waals surface area contributed by atoms with E-state index in [4.69, 9.17) is 14.2 Å². The summed E-state index contributed by atoms with van der Waals surface area (Å²) in [5.41, 5.74) is 6.44. The molecule has 2 heterocycles. The number of hydrogen-bond acceptors (Lipinski definition) is 6. The summed E-state index contributed by atoms with van der Waals surface area (Å²) in [7, 11) is 4.92. The molecule has 0 aliphatic carbocycles. The van der Waals surface area contributed by atoms with E-state index in [9.17, 15) is 0 Å². The van der Waals surface area contributed by atoms with Gasteiger partial charge in [0.2, 0.25) is 0 Å². The summed E-state index contributed by atoms with van der Waals surface area (Å²) in [5.74, 6) is 2.21. The Kier molecular flexibility index (Phi) is 5.09. The highest BCUT2D eigenvalue weighted by Crippen LogP contribution is 2.38. The highest BCUT2D eigenvalue weighted by molar-refractivity contribution is 6.10. The largest absolute Gasteiger partial charge is 0.497 e. The second kappa shape index (κ2) is 8.09. The third-order valence-electron chi connectivity index (χ3n) is 5.88. The quantitative estimate of drug-likeness (QED) is 0.370. The third kappa shape index (κ3) is 3.42. The molecule has 7 heteroatoms. The fourth-order valence-electron chi connectivity index (χ4n) is 4.43. The van der Waals surface area contributed by atoms with Crippen LogP contribution >= 0.6 is 0 Å². The normalized spacial score (nSPS) is 11.2. The number of rotatable bonds is 5. The Labute approximate surface area is 191 Å². The topological polar surface area (TPSA) is 71.3 Å². The van der Waals surface area contributed by atoms with Gasteiger partial charge in [-0.15, -0.1) is 0 Å². The molecule has 0 saturated carbocycles. The molecule has 0 aliphatic rings. The number of aryl methyl sites for hydroxylation is 2. The van der Waals surface area contributed by atoms with Gasteiger partial charge in [0, 0.05) is 16.3 Å². The molecule has 3 aromatic carbocycles. The van der Waals surface area contributed by atoms with Gasteiger partial charge < -0.3 is 18.8 Å². The van der Waals surface area contributed by atoms with E-state index in [2.05, 4.69) is 69.8 Å². The van der Waals surface area contributed by atoms with Crippen LogP contribution in [0.2, 0.25) is 0 Å². The van der Waals surface area contributed by atoms with Crippen LogP contribution in [-0.4, -0.2) is 40.8 Å². The molecule has 7 nitrogen and oxygen atoms in total. The Morgan fingerprint density at radius 3 is 1.79 bits per heavy atom. The van der Waals surface area contributed by atoms with E-state index >= 15 is 0 Å². The van der Waals surface area contributed by atoms with Crippen molar-refractivity contribution >= 4 is 21.8 Å². The van der Waals surface area contributed by atoms with Gasteiger partial charge in [0.15, 0.2) is 5.82 Å². The second-order valence-electron chi connectivity index (χ2n) is 7.86. The van der Waals surface area contributed by atoms with Crippen molar-refractivity contribution in [2.75, 3.05) is 21.3 Å². The minimum atomic E-state index is 0.296. The van der Waals surface area contributed by atoms with E-state index in [1.54, 1.807) is 21.3 Å². The van der Waals surface area contributed by atoms with Crippen LogP contribution in [0.1, 0.15) is 11.1 Å². The molecule has 166 valence electrons. The minimum Gasteiger partial charge on any atom is -0.497 e. The minimum absolute atomic E-state index is 0.296. The van der Waals surface area contributed by atoms with E-state index in [1.807, 2.05) is 12.1 Å².